The lowest BCUT2D eigenvalue weighted by Crippen LogP contribution is -2.62. The van der Waals surface area contributed by atoms with Crippen molar-refractivity contribution in [2.75, 3.05) is 38.6 Å². The molecule has 1 saturated carbocycles. The van der Waals surface area contributed by atoms with Gasteiger partial charge in [-0.15, -0.1) is 0 Å². The van der Waals surface area contributed by atoms with E-state index in [-0.39, 0.29) is 11.7 Å². The highest BCUT2D eigenvalue weighted by atomic mass is 32.2. The average Bonchev–Trinajstić information content (AvgIpc) is 2.58. The quantitative estimate of drug-likeness (QED) is 0.796. The van der Waals surface area contributed by atoms with Crippen LogP contribution in [0.25, 0.3) is 0 Å². The Morgan fingerprint density at radius 1 is 1.09 bits per heavy atom. The van der Waals surface area contributed by atoms with E-state index in [2.05, 4.69) is 0 Å². The molecule has 0 unspecified atom stereocenters. The number of amides is 1. The lowest BCUT2D eigenvalue weighted by molar-refractivity contribution is -0.147. The van der Waals surface area contributed by atoms with E-state index in [0.29, 0.717) is 58.5 Å². The summed E-state index contributed by atoms with van der Waals surface area (Å²) in [5.41, 5.74) is 5.39. The van der Waals surface area contributed by atoms with Crippen molar-refractivity contribution in [1.82, 2.24) is 4.90 Å². The topological polar surface area (TPSA) is 89.7 Å². The summed E-state index contributed by atoms with van der Waals surface area (Å²) in [6, 6.07) is 0. The molecule has 0 aromatic heterocycles. The van der Waals surface area contributed by atoms with Gasteiger partial charge < -0.3 is 15.4 Å². The number of nitrogens with zero attached hydrogens (tertiary/aromatic N) is 1. The van der Waals surface area contributed by atoms with E-state index in [0.717, 1.165) is 19.3 Å². The third kappa shape index (κ3) is 2.91. The average molecular weight is 344 g/mol. The minimum absolute atomic E-state index is 0.0446. The Bertz CT molecular complexity index is 548. The van der Waals surface area contributed by atoms with Gasteiger partial charge in [0.2, 0.25) is 5.91 Å². The van der Waals surface area contributed by atoms with Gasteiger partial charge in [-0.1, -0.05) is 19.3 Å². The van der Waals surface area contributed by atoms with Gasteiger partial charge >= 0.3 is 0 Å². The first kappa shape index (κ1) is 17.2. The fraction of sp³-hybridized carbons (Fsp3) is 0.938. The predicted octanol–water partition coefficient (Wildman–Crippen LogP) is 0.702. The summed E-state index contributed by atoms with van der Waals surface area (Å²) < 4.78 is 30.0. The minimum atomic E-state index is -3.12. The molecular weight excluding hydrogens is 316 g/mol. The fourth-order valence-electron chi connectivity index (χ4n) is 4.41. The van der Waals surface area contributed by atoms with Crippen LogP contribution < -0.4 is 5.73 Å². The lowest BCUT2D eigenvalue weighted by Gasteiger charge is -2.47. The van der Waals surface area contributed by atoms with E-state index < -0.39 is 20.0 Å². The summed E-state index contributed by atoms with van der Waals surface area (Å²) in [4.78, 5) is 14.9. The maximum Gasteiger partial charge on any atom is 0.230 e. The second kappa shape index (κ2) is 6.33. The van der Waals surface area contributed by atoms with Crippen molar-refractivity contribution in [3.8, 4) is 0 Å². The molecule has 2 heterocycles. The summed E-state index contributed by atoms with van der Waals surface area (Å²) in [7, 11) is -3.12. The summed E-state index contributed by atoms with van der Waals surface area (Å²) >= 11 is 0. The molecule has 2 aliphatic heterocycles. The molecule has 3 aliphatic rings. The molecule has 132 valence electrons. The van der Waals surface area contributed by atoms with Crippen molar-refractivity contribution in [3.05, 3.63) is 0 Å². The summed E-state index contributed by atoms with van der Waals surface area (Å²) in [6.07, 6.45) is 5.64. The first-order valence-corrected chi connectivity index (χ1v) is 10.4. The van der Waals surface area contributed by atoms with Crippen LogP contribution in [0.1, 0.15) is 44.9 Å². The van der Waals surface area contributed by atoms with Gasteiger partial charge in [0.05, 0.1) is 15.9 Å². The highest BCUT2D eigenvalue weighted by Crippen LogP contribution is 2.40. The highest BCUT2D eigenvalue weighted by molar-refractivity contribution is 7.92. The molecule has 0 radical (unpaired) electrons. The molecule has 3 fully saturated rings. The predicted molar refractivity (Wildman–Crippen MR) is 87.7 cm³/mol. The largest absolute Gasteiger partial charge is 0.381 e. The molecule has 2 N–H and O–H groups in total. The molecule has 0 atom stereocenters. The van der Waals surface area contributed by atoms with Crippen LogP contribution in [-0.4, -0.2) is 62.6 Å². The van der Waals surface area contributed by atoms with Crippen molar-refractivity contribution in [2.24, 2.45) is 11.1 Å². The van der Waals surface area contributed by atoms with Crippen LogP contribution in [0.4, 0.5) is 0 Å². The second-order valence-corrected chi connectivity index (χ2v) is 9.89. The van der Waals surface area contributed by atoms with Crippen LogP contribution in [0.3, 0.4) is 0 Å². The lowest BCUT2D eigenvalue weighted by atomic mass is 9.78. The van der Waals surface area contributed by atoms with Crippen LogP contribution in [0.5, 0.6) is 0 Å². The van der Waals surface area contributed by atoms with E-state index in [1.54, 1.807) is 4.90 Å². The molecule has 0 aromatic rings. The Balaban J connectivity index is 1.82. The Morgan fingerprint density at radius 3 is 2.35 bits per heavy atom. The molecule has 6 nitrogen and oxygen atoms in total. The normalized spacial score (nSPS) is 29.3. The molecule has 2 saturated heterocycles. The monoisotopic (exact) mass is 344 g/mol. The number of carbonyl (C=O) groups is 1. The van der Waals surface area contributed by atoms with Gasteiger partial charge in [0.15, 0.2) is 9.84 Å². The van der Waals surface area contributed by atoms with Gasteiger partial charge in [-0.2, -0.15) is 0 Å². The Labute approximate surface area is 138 Å². The molecule has 1 amide bonds. The minimum Gasteiger partial charge on any atom is -0.381 e. The van der Waals surface area contributed by atoms with E-state index in [1.807, 2.05) is 0 Å². The van der Waals surface area contributed by atoms with Gasteiger partial charge in [-0.05, 0) is 25.7 Å². The highest BCUT2D eigenvalue weighted by Gasteiger charge is 2.51. The Morgan fingerprint density at radius 2 is 1.74 bits per heavy atom. The zero-order valence-electron chi connectivity index (χ0n) is 13.8. The molecule has 1 spiro atoms. The third-order valence-corrected chi connectivity index (χ3v) is 8.69. The number of hydrogen-bond acceptors (Lipinski definition) is 5. The van der Waals surface area contributed by atoms with E-state index in [9.17, 15) is 13.2 Å². The number of ether oxygens (including phenoxy) is 1. The van der Waals surface area contributed by atoms with Gasteiger partial charge in [0.1, 0.15) is 0 Å². The molecular formula is C16H28N2O4S. The standard InChI is InChI=1S/C16H28N2O4S/c17-12-15(6-9-22-10-7-15)14(19)18-8-11-23(20,21)16(13-18)4-2-1-3-5-16/h1-13,17H2. The van der Waals surface area contributed by atoms with Crippen molar-refractivity contribution in [2.45, 2.75) is 49.7 Å². The molecule has 0 aromatic carbocycles. The SMILES string of the molecule is NCC1(C(=O)N2CCS(=O)(=O)C3(CCCCC3)C2)CCOCC1. The smallest absolute Gasteiger partial charge is 0.230 e. The number of sulfone groups is 1. The maximum absolute atomic E-state index is 13.1. The van der Waals surface area contributed by atoms with Gasteiger partial charge in [-0.3, -0.25) is 4.79 Å². The van der Waals surface area contributed by atoms with Crippen LogP contribution >= 0.6 is 0 Å². The van der Waals surface area contributed by atoms with Crippen LogP contribution in [0.2, 0.25) is 0 Å². The van der Waals surface area contributed by atoms with Crippen LogP contribution in [0, 0.1) is 5.41 Å². The Kier molecular flexibility index (Phi) is 4.73. The van der Waals surface area contributed by atoms with E-state index in [1.165, 1.54) is 0 Å². The van der Waals surface area contributed by atoms with Gasteiger partial charge in [0.25, 0.3) is 0 Å². The molecule has 1 aliphatic carbocycles. The van der Waals surface area contributed by atoms with Crippen LogP contribution in [-0.2, 0) is 19.4 Å². The number of carbonyl (C=O) groups excluding carboxylic acids is 1. The first-order chi connectivity index (χ1) is 10.9. The van der Waals surface area contributed by atoms with Crippen molar-refractivity contribution >= 4 is 15.7 Å². The molecule has 23 heavy (non-hydrogen) atoms. The first-order valence-electron chi connectivity index (χ1n) is 8.74. The summed E-state index contributed by atoms with van der Waals surface area (Å²) in [5, 5.41) is 0. The second-order valence-electron chi connectivity index (χ2n) is 7.39. The van der Waals surface area contributed by atoms with Gasteiger partial charge in [0, 0.05) is 32.8 Å². The van der Waals surface area contributed by atoms with Gasteiger partial charge in [-0.25, -0.2) is 8.42 Å². The summed E-state index contributed by atoms with van der Waals surface area (Å²) in [6.45, 7) is 2.09. The fourth-order valence-corrected chi connectivity index (χ4v) is 6.57. The number of rotatable bonds is 2. The Hall–Kier alpha value is -0.660. The van der Waals surface area contributed by atoms with E-state index in [4.69, 9.17) is 10.5 Å². The molecule has 0 bridgehead atoms. The number of nitrogens with two attached hydrogens (primary N) is 1. The van der Waals surface area contributed by atoms with Crippen molar-refractivity contribution in [3.63, 3.8) is 0 Å². The van der Waals surface area contributed by atoms with Crippen molar-refractivity contribution in [1.29, 1.82) is 0 Å². The van der Waals surface area contributed by atoms with Crippen LogP contribution in [0.15, 0.2) is 0 Å². The van der Waals surface area contributed by atoms with E-state index >= 15 is 0 Å². The zero-order chi connectivity index (χ0) is 16.6. The zero-order valence-corrected chi connectivity index (χ0v) is 14.6. The molecule has 7 heteroatoms. The molecule has 3 rings (SSSR count). The summed E-state index contributed by atoms with van der Waals surface area (Å²) in [5.74, 6) is 0.138. The van der Waals surface area contributed by atoms with Crippen molar-refractivity contribution < 1.29 is 17.9 Å². The third-order valence-electron chi connectivity index (χ3n) is 6.12. The maximum atomic E-state index is 13.1. The number of hydrogen-bond donors (Lipinski definition) is 1.